The molecule has 8 heteroatoms. The summed E-state index contributed by atoms with van der Waals surface area (Å²) in [6.45, 7) is 2.50. The highest BCUT2D eigenvalue weighted by atomic mass is 35.5. The zero-order valence-electron chi connectivity index (χ0n) is 9.53. The maximum atomic E-state index is 10.5. The number of ketones is 2. The van der Waals surface area contributed by atoms with E-state index in [9.17, 15) is 14.4 Å². The average molecular weight is 293 g/mol. The van der Waals surface area contributed by atoms with E-state index < -0.39 is 5.97 Å². The van der Waals surface area contributed by atoms with Crippen LogP contribution in [0.2, 0.25) is 10.2 Å². The first-order valence-corrected chi connectivity index (χ1v) is 5.28. The number of aromatic carboxylic acids is 1. The van der Waals surface area contributed by atoms with Gasteiger partial charge in [-0.1, -0.05) is 23.2 Å². The number of carboxylic acid groups (broad SMARTS) is 1. The minimum atomic E-state index is -1.26. The molecule has 0 aliphatic carbocycles. The molecule has 0 saturated carbocycles. The van der Waals surface area contributed by atoms with Crippen molar-refractivity contribution in [3.05, 3.63) is 21.9 Å². The van der Waals surface area contributed by atoms with E-state index in [0.717, 1.165) is 0 Å². The molecule has 6 nitrogen and oxygen atoms in total. The molecule has 0 radical (unpaired) electrons. The summed E-state index contributed by atoms with van der Waals surface area (Å²) in [5.41, 5.74) is 5.11. The molecule has 0 bridgehead atoms. The third kappa shape index (κ3) is 5.11. The lowest BCUT2D eigenvalue weighted by molar-refractivity contribution is -0.134. The van der Waals surface area contributed by atoms with Crippen molar-refractivity contribution in [3.8, 4) is 0 Å². The average Bonchev–Trinajstić information content (AvgIpc) is 2.23. The van der Waals surface area contributed by atoms with Crippen molar-refractivity contribution in [2.45, 2.75) is 13.8 Å². The highest BCUT2D eigenvalue weighted by Gasteiger charge is 2.13. The lowest BCUT2D eigenvalue weighted by Gasteiger charge is -2.01. The van der Waals surface area contributed by atoms with E-state index in [1.807, 2.05) is 0 Å². The molecule has 0 fully saturated rings. The van der Waals surface area contributed by atoms with Crippen LogP contribution in [0.5, 0.6) is 0 Å². The minimum Gasteiger partial charge on any atom is -0.476 e. The van der Waals surface area contributed by atoms with Gasteiger partial charge in [-0.15, -0.1) is 0 Å². The standard InChI is InChI=1S/C6H4Cl2N2O2.C4H6O2/c7-3-1-2(9)4(8)5(10-3)6(11)12;1-3(5)4(2)6/h1H,(H2,9,10)(H,11,12);1-2H3. The molecular formula is C10H10Cl2N2O4. The number of rotatable bonds is 2. The Bertz CT molecular complexity index is 491. The first kappa shape index (κ1) is 16.3. The fourth-order valence-corrected chi connectivity index (χ4v) is 1.04. The summed E-state index contributed by atoms with van der Waals surface area (Å²) in [5.74, 6) is -2.01. The van der Waals surface area contributed by atoms with Crippen LogP contribution in [0, 0.1) is 0 Å². The fourth-order valence-electron chi connectivity index (χ4n) is 0.658. The van der Waals surface area contributed by atoms with Crippen molar-refractivity contribution in [1.82, 2.24) is 4.98 Å². The van der Waals surface area contributed by atoms with Gasteiger partial charge < -0.3 is 10.8 Å². The van der Waals surface area contributed by atoms with Gasteiger partial charge in [-0.2, -0.15) is 0 Å². The summed E-state index contributed by atoms with van der Waals surface area (Å²) in [6, 6.07) is 1.29. The number of hydrogen-bond donors (Lipinski definition) is 2. The second kappa shape index (κ2) is 6.93. The number of Topliss-reactive ketones (excluding diaryl/α,β-unsaturated/α-hetero) is 2. The van der Waals surface area contributed by atoms with Crippen LogP contribution in [0.3, 0.4) is 0 Å². The predicted molar refractivity (Wildman–Crippen MR) is 67.0 cm³/mol. The van der Waals surface area contributed by atoms with Crippen LogP contribution in [0.4, 0.5) is 5.69 Å². The van der Waals surface area contributed by atoms with Crippen molar-refractivity contribution in [1.29, 1.82) is 0 Å². The maximum absolute atomic E-state index is 10.5. The third-order valence-corrected chi connectivity index (χ3v) is 2.24. The first-order valence-electron chi connectivity index (χ1n) is 4.53. The number of anilines is 1. The molecule has 0 spiro atoms. The van der Waals surface area contributed by atoms with E-state index in [4.69, 9.17) is 34.0 Å². The molecule has 1 rings (SSSR count). The Morgan fingerprint density at radius 3 is 2.00 bits per heavy atom. The number of pyridine rings is 1. The van der Waals surface area contributed by atoms with Gasteiger partial charge in [0.25, 0.3) is 0 Å². The van der Waals surface area contributed by atoms with Crippen molar-refractivity contribution in [2.75, 3.05) is 5.73 Å². The number of aromatic nitrogens is 1. The van der Waals surface area contributed by atoms with Crippen LogP contribution in [0.1, 0.15) is 24.3 Å². The van der Waals surface area contributed by atoms with Gasteiger partial charge in [-0.25, -0.2) is 9.78 Å². The number of hydrogen-bond acceptors (Lipinski definition) is 5. The number of carbonyl (C=O) groups is 3. The second-order valence-electron chi connectivity index (χ2n) is 3.11. The molecule has 1 heterocycles. The Hall–Kier alpha value is -1.66. The SMILES string of the molecule is CC(=O)C(C)=O.Nc1cc(Cl)nc(C(=O)O)c1Cl. The van der Waals surface area contributed by atoms with Gasteiger partial charge >= 0.3 is 5.97 Å². The molecule has 0 aromatic carbocycles. The number of nitrogen functional groups attached to an aromatic ring is 1. The number of carboxylic acids is 1. The summed E-state index contributed by atoms with van der Waals surface area (Å²) in [5, 5.41) is 8.47. The molecule has 0 aliphatic rings. The summed E-state index contributed by atoms with van der Waals surface area (Å²) in [4.78, 5) is 33.5. The first-order chi connectivity index (χ1) is 8.16. The Kier molecular flexibility index (Phi) is 6.29. The highest BCUT2D eigenvalue weighted by molar-refractivity contribution is 6.37. The second-order valence-corrected chi connectivity index (χ2v) is 3.88. The molecular weight excluding hydrogens is 283 g/mol. The van der Waals surface area contributed by atoms with Crippen molar-refractivity contribution in [3.63, 3.8) is 0 Å². The van der Waals surface area contributed by atoms with Crippen LogP contribution in [-0.4, -0.2) is 27.6 Å². The quantitative estimate of drug-likeness (QED) is 0.635. The molecule has 3 N–H and O–H groups in total. The van der Waals surface area contributed by atoms with Crippen LogP contribution in [-0.2, 0) is 9.59 Å². The summed E-state index contributed by atoms with van der Waals surface area (Å²) in [7, 11) is 0. The van der Waals surface area contributed by atoms with Crippen molar-refractivity contribution >= 4 is 46.4 Å². The topological polar surface area (TPSA) is 110 Å². The van der Waals surface area contributed by atoms with Gasteiger partial charge in [0.05, 0.1) is 10.7 Å². The van der Waals surface area contributed by atoms with Crippen LogP contribution in [0.25, 0.3) is 0 Å². The number of nitrogens with zero attached hydrogens (tertiary/aromatic N) is 1. The van der Waals surface area contributed by atoms with Gasteiger partial charge in [0.2, 0.25) is 0 Å². The lowest BCUT2D eigenvalue weighted by atomic mass is 10.3. The Morgan fingerprint density at radius 2 is 1.67 bits per heavy atom. The van der Waals surface area contributed by atoms with Crippen molar-refractivity contribution < 1.29 is 19.5 Å². The molecule has 0 atom stereocenters. The van der Waals surface area contributed by atoms with E-state index in [0.29, 0.717) is 0 Å². The van der Waals surface area contributed by atoms with E-state index in [2.05, 4.69) is 4.98 Å². The molecule has 98 valence electrons. The maximum Gasteiger partial charge on any atom is 0.356 e. The lowest BCUT2D eigenvalue weighted by Crippen LogP contribution is -2.03. The normalized spacial score (nSPS) is 9.11. The number of nitrogens with two attached hydrogens (primary N) is 1. The summed E-state index contributed by atoms with van der Waals surface area (Å²) < 4.78 is 0. The van der Waals surface area contributed by atoms with Gasteiger partial charge in [-0.3, -0.25) is 9.59 Å². The Morgan fingerprint density at radius 1 is 1.22 bits per heavy atom. The van der Waals surface area contributed by atoms with E-state index in [1.165, 1.54) is 19.9 Å². The molecule has 0 unspecified atom stereocenters. The summed E-state index contributed by atoms with van der Waals surface area (Å²) >= 11 is 11.0. The Balaban J connectivity index is 0.000000411. The largest absolute Gasteiger partial charge is 0.476 e. The smallest absolute Gasteiger partial charge is 0.356 e. The van der Waals surface area contributed by atoms with Gasteiger partial charge in [0.1, 0.15) is 5.15 Å². The van der Waals surface area contributed by atoms with Gasteiger partial charge in [0.15, 0.2) is 17.3 Å². The van der Waals surface area contributed by atoms with Gasteiger partial charge in [0, 0.05) is 13.8 Å². The molecule has 0 saturated heterocycles. The fraction of sp³-hybridized carbons (Fsp3) is 0.200. The molecule has 0 amide bonds. The minimum absolute atomic E-state index is 0.00861. The zero-order chi connectivity index (χ0) is 14.5. The zero-order valence-corrected chi connectivity index (χ0v) is 11.0. The molecule has 0 aliphatic heterocycles. The van der Waals surface area contributed by atoms with Crippen LogP contribution >= 0.6 is 23.2 Å². The third-order valence-electron chi connectivity index (χ3n) is 1.65. The summed E-state index contributed by atoms with van der Waals surface area (Å²) in [6.07, 6.45) is 0. The van der Waals surface area contributed by atoms with E-state index >= 15 is 0 Å². The van der Waals surface area contributed by atoms with Crippen molar-refractivity contribution in [2.24, 2.45) is 0 Å². The van der Waals surface area contributed by atoms with E-state index in [-0.39, 0.29) is 33.1 Å². The van der Waals surface area contributed by atoms with Gasteiger partial charge in [-0.05, 0) is 6.07 Å². The molecule has 18 heavy (non-hydrogen) atoms. The van der Waals surface area contributed by atoms with Crippen LogP contribution < -0.4 is 5.73 Å². The van der Waals surface area contributed by atoms with E-state index in [1.54, 1.807) is 0 Å². The monoisotopic (exact) mass is 292 g/mol. The molecule has 1 aromatic rings. The van der Waals surface area contributed by atoms with Crippen LogP contribution in [0.15, 0.2) is 6.07 Å². The number of carbonyl (C=O) groups excluding carboxylic acids is 2. The molecule has 1 aromatic heterocycles. The predicted octanol–water partition coefficient (Wildman–Crippen LogP) is 1.83. The highest BCUT2D eigenvalue weighted by Crippen LogP contribution is 2.24. The number of halogens is 2. The Labute approximate surface area is 113 Å².